The summed E-state index contributed by atoms with van der Waals surface area (Å²) in [5.41, 5.74) is 6.33. The molecule has 0 fully saturated rings. The second-order valence-corrected chi connectivity index (χ2v) is 10.2. The molecule has 0 aliphatic rings. The number of ether oxygens (including phenoxy) is 2. The number of benzene rings is 4. The molecule has 0 spiro atoms. The van der Waals surface area contributed by atoms with Crippen molar-refractivity contribution in [1.29, 1.82) is 0 Å². The Kier molecular flexibility index (Phi) is 7.78. The van der Waals surface area contributed by atoms with E-state index >= 15 is 0 Å². The molecule has 0 unspecified atom stereocenters. The Morgan fingerprint density at radius 1 is 0.950 bits per heavy atom. The van der Waals surface area contributed by atoms with Gasteiger partial charge in [-0.15, -0.1) is 0 Å². The summed E-state index contributed by atoms with van der Waals surface area (Å²) in [6.45, 7) is 8.75. The van der Waals surface area contributed by atoms with E-state index < -0.39 is 0 Å². The Labute approximate surface area is 234 Å². The van der Waals surface area contributed by atoms with Crippen molar-refractivity contribution in [2.45, 2.75) is 40.2 Å². The lowest BCUT2D eigenvalue weighted by atomic mass is 9.96. The van der Waals surface area contributed by atoms with Crippen molar-refractivity contribution in [2.24, 2.45) is 5.10 Å². The molecule has 0 N–H and O–H groups in total. The predicted octanol–water partition coefficient (Wildman–Crippen LogP) is 7.27. The van der Waals surface area contributed by atoms with Crippen molar-refractivity contribution < 1.29 is 9.47 Å². The Morgan fingerprint density at radius 3 is 2.48 bits per heavy atom. The molecule has 0 radical (unpaired) electrons. The van der Waals surface area contributed by atoms with Crippen LogP contribution in [0.5, 0.6) is 11.5 Å². The topological polar surface area (TPSA) is 65.7 Å². The molecule has 1 aromatic heterocycles. The lowest BCUT2D eigenvalue weighted by Gasteiger charge is -2.17. The van der Waals surface area contributed by atoms with E-state index in [2.05, 4.69) is 56.2 Å². The molecule has 5 aromatic rings. The first kappa shape index (κ1) is 26.9. The fourth-order valence-corrected chi connectivity index (χ4v) is 4.63. The first-order chi connectivity index (χ1) is 19.3. The van der Waals surface area contributed by atoms with E-state index in [9.17, 15) is 4.79 Å². The highest BCUT2D eigenvalue weighted by Crippen LogP contribution is 2.34. The summed E-state index contributed by atoms with van der Waals surface area (Å²) in [7, 11) is 1.67. The van der Waals surface area contributed by atoms with Gasteiger partial charge in [-0.2, -0.15) is 9.78 Å². The van der Waals surface area contributed by atoms with Crippen LogP contribution in [0.2, 0.25) is 0 Å². The van der Waals surface area contributed by atoms with E-state index in [0.29, 0.717) is 23.3 Å². The highest BCUT2D eigenvalue weighted by atomic mass is 16.5. The Morgan fingerprint density at radius 2 is 1.73 bits per heavy atom. The number of hydrogen-bond donors (Lipinski definition) is 0. The third-order valence-corrected chi connectivity index (χ3v) is 6.90. The Hall–Kier alpha value is -4.71. The predicted molar refractivity (Wildman–Crippen MR) is 162 cm³/mol. The van der Waals surface area contributed by atoms with Gasteiger partial charge in [-0.05, 0) is 78.4 Å². The van der Waals surface area contributed by atoms with Crippen LogP contribution in [-0.4, -0.2) is 23.0 Å². The molecule has 0 aliphatic carbocycles. The number of aryl methyl sites for hydroxylation is 2. The zero-order chi connectivity index (χ0) is 28.2. The molecule has 0 saturated heterocycles. The number of nitrogens with zero attached hydrogens (tertiary/aromatic N) is 3. The zero-order valence-corrected chi connectivity index (χ0v) is 23.5. The molecule has 0 bridgehead atoms. The maximum atomic E-state index is 13.7. The molecule has 0 amide bonds. The summed E-state index contributed by atoms with van der Waals surface area (Å²) in [6, 6.07) is 27.3. The molecule has 0 atom stereocenters. The molecule has 0 aliphatic heterocycles. The number of fused-ring (bicyclic) bond motifs is 1. The maximum Gasteiger partial charge on any atom is 0.282 e. The quantitative estimate of drug-likeness (QED) is 0.198. The van der Waals surface area contributed by atoms with E-state index in [0.717, 1.165) is 39.3 Å². The van der Waals surface area contributed by atoms with Crippen LogP contribution in [0.15, 0.2) is 94.8 Å². The fraction of sp³-hybridized carbons (Fsp3) is 0.206. The van der Waals surface area contributed by atoms with Crippen LogP contribution in [-0.2, 0) is 6.61 Å². The summed E-state index contributed by atoms with van der Waals surface area (Å²) in [5, 5.41) is 5.17. The Balaban J connectivity index is 1.55. The number of para-hydroxylation sites is 1. The average molecular weight is 532 g/mol. The van der Waals surface area contributed by atoms with Gasteiger partial charge >= 0.3 is 0 Å². The molecule has 40 heavy (non-hydrogen) atoms. The standard InChI is InChI=1S/C34H33N3O3/c1-22(2)29-19-30(24(4)17-32(29)39-5)33-36-31-12-7-6-11-28(31)34(38)37(33)35-20-26-9-8-10-27(18-26)40-21-25-15-13-23(3)14-16-25/h6-20,22H,21H2,1-5H3. The van der Waals surface area contributed by atoms with Gasteiger partial charge in [0.15, 0.2) is 5.82 Å². The van der Waals surface area contributed by atoms with Gasteiger partial charge < -0.3 is 9.47 Å². The molecular formula is C34H33N3O3. The van der Waals surface area contributed by atoms with Crippen LogP contribution in [0.3, 0.4) is 0 Å². The van der Waals surface area contributed by atoms with Gasteiger partial charge in [0.1, 0.15) is 18.1 Å². The second kappa shape index (κ2) is 11.6. The van der Waals surface area contributed by atoms with Crippen LogP contribution < -0.4 is 15.0 Å². The van der Waals surface area contributed by atoms with Crippen LogP contribution in [0.1, 0.15) is 47.6 Å². The largest absolute Gasteiger partial charge is 0.496 e. The van der Waals surface area contributed by atoms with Gasteiger partial charge in [0.25, 0.3) is 5.56 Å². The van der Waals surface area contributed by atoms with E-state index in [1.165, 1.54) is 10.2 Å². The first-order valence-corrected chi connectivity index (χ1v) is 13.4. The molecule has 1 heterocycles. The van der Waals surface area contributed by atoms with Gasteiger partial charge in [0, 0.05) is 5.56 Å². The zero-order valence-electron chi connectivity index (χ0n) is 23.5. The maximum absolute atomic E-state index is 13.7. The van der Waals surface area contributed by atoms with Gasteiger partial charge in [0.2, 0.25) is 0 Å². The molecule has 0 saturated carbocycles. The van der Waals surface area contributed by atoms with Crippen molar-refractivity contribution in [3.8, 4) is 22.9 Å². The highest BCUT2D eigenvalue weighted by molar-refractivity contribution is 5.82. The molecule has 6 nitrogen and oxygen atoms in total. The highest BCUT2D eigenvalue weighted by Gasteiger charge is 2.18. The van der Waals surface area contributed by atoms with E-state index in [-0.39, 0.29) is 11.5 Å². The number of methoxy groups -OCH3 is 1. The van der Waals surface area contributed by atoms with E-state index in [1.807, 2.05) is 55.5 Å². The third kappa shape index (κ3) is 5.66. The van der Waals surface area contributed by atoms with E-state index in [4.69, 9.17) is 14.5 Å². The molecule has 5 rings (SSSR count). The molecule has 202 valence electrons. The summed E-state index contributed by atoms with van der Waals surface area (Å²) in [5.74, 6) is 2.24. The van der Waals surface area contributed by atoms with Crippen molar-refractivity contribution in [2.75, 3.05) is 7.11 Å². The van der Waals surface area contributed by atoms with Crippen LogP contribution in [0.4, 0.5) is 0 Å². The van der Waals surface area contributed by atoms with Crippen LogP contribution >= 0.6 is 0 Å². The van der Waals surface area contributed by atoms with Crippen LogP contribution in [0, 0.1) is 13.8 Å². The van der Waals surface area contributed by atoms with Crippen molar-refractivity contribution in [3.63, 3.8) is 0 Å². The number of aromatic nitrogens is 2. The van der Waals surface area contributed by atoms with E-state index in [1.54, 1.807) is 19.4 Å². The summed E-state index contributed by atoms with van der Waals surface area (Å²) in [6.07, 6.45) is 1.67. The van der Waals surface area contributed by atoms with Crippen LogP contribution in [0.25, 0.3) is 22.3 Å². The van der Waals surface area contributed by atoms with Crippen molar-refractivity contribution >= 4 is 17.1 Å². The molecular weight excluding hydrogens is 498 g/mol. The SMILES string of the molecule is COc1cc(C)c(-c2nc3ccccc3c(=O)n2N=Cc2cccc(OCc3ccc(C)cc3)c2)cc1C(C)C. The minimum Gasteiger partial charge on any atom is -0.496 e. The summed E-state index contributed by atoms with van der Waals surface area (Å²) in [4.78, 5) is 18.6. The molecule has 6 heteroatoms. The number of hydrogen-bond acceptors (Lipinski definition) is 5. The van der Waals surface area contributed by atoms with Gasteiger partial charge in [-0.1, -0.05) is 67.9 Å². The lowest BCUT2D eigenvalue weighted by molar-refractivity contribution is 0.306. The van der Waals surface area contributed by atoms with Crippen molar-refractivity contribution in [1.82, 2.24) is 9.66 Å². The van der Waals surface area contributed by atoms with Gasteiger partial charge in [0.05, 0.1) is 24.2 Å². The Bertz CT molecular complexity index is 1750. The minimum absolute atomic E-state index is 0.223. The van der Waals surface area contributed by atoms with Crippen molar-refractivity contribution in [3.05, 3.63) is 123 Å². The fourth-order valence-electron chi connectivity index (χ4n) is 4.63. The third-order valence-electron chi connectivity index (χ3n) is 6.90. The summed E-state index contributed by atoms with van der Waals surface area (Å²) < 4.78 is 13.0. The van der Waals surface area contributed by atoms with Gasteiger partial charge in [-0.25, -0.2) is 4.98 Å². The second-order valence-electron chi connectivity index (χ2n) is 10.2. The van der Waals surface area contributed by atoms with Gasteiger partial charge in [-0.3, -0.25) is 4.79 Å². The normalized spacial score (nSPS) is 11.4. The average Bonchev–Trinajstić information content (AvgIpc) is 2.96. The summed E-state index contributed by atoms with van der Waals surface area (Å²) >= 11 is 0. The smallest absolute Gasteiger partial charge is 0.282 e. The molecule has 4 aromatic carbocycles. The number of rotatable bonds is 8. The first-order valence-electron chi connectivity index (χ1n) is 13.4. The minimum atomic E-state index is -0.232. The lowest BCUT2D eigenvalue weighted by Crippen LogP contribution is -2.20. The monoisotopic (exact) mass is 531 g/mol.